The summed E-state index contributed by atoms with van der Waals surface area (Å²) in [5, 5.41) is 10.7. The smallest absolute Gasteiger partial charge is 0.125 e. The number of aliphatic hydroxyl groups is 1. The van der Waals surface area contributed by atoms with Gasteiger partial charge in [0.1, 0.15) is 11.9 Å². The second kappa shape index (κ2) is 4.64. The molecule has 1 heterocycles. The molecule has 0 aliphatic carbocycles. The van der Waals surface area contributed by atoms with Gasteiger partial charge in [-0.3, -0.25) is 0 Å². The maximum Gasteiger partial charge on any atom is 0.125 e. The number of rotatable bonds is 2. The molecule has 2 nitrogen and oxygen atoms in total. The average Bonchev–Trinajstić information content (AvgIpc) is 2.28. The van der Waals surface area contributed by atoms with Gasteiger partial charge in [-0.1, -0.05) is 31.9 Å². The Morgan fingerprint density at radius 2 is 2.31 bits per heavy atom. The van der Waals surface area contributed by atoms with Gasteiger partial charge in [-0.15, -0.1) is 0 Å². The maximum atomic E-state index is 10.1. The molecule has 0 aromatic heterocycles. The van der Waals surface area contributed by atoms with Crippen LogP contribution in [0.25, 0.3) is 0 Å². The number of ether oxygens (including phenoxy) is 1. The monoisotopic (exact) mass is 240 g/mol. The van der Waals surface area contributed by atoms with Gasteiger partial charge in [-0.25, -0.2) is 0 Å². The molecule has 0 saturated heterocycles. The largest absolute Gasteiger partial charge is 0.490 e. The molecule has 1 aliphatic rings. The lowest BCUT2D eigenvalue weighted by atomic mass is 9.91. The van der Waals surface area contributed by atoms with Crippen LogP contribution in [0.4, 0.5) is 0 Å². The second-order valence-electron chi connectivity index (χ2n) is 4.48. The van der Waals surface area contributed by atoms with Crippen LogP contribution in [0.5, 0.6) is 5.75 Å². The first-order valence-corrected chi connectivity index (χ1v) is 6.13. The van der Waals surface area contributed by atoms with Crippen LogP contribution < -0.4 is 4.74 Å². The van der Waals surface area contributed by atoms with E-state index in [-0.39, 0.29) is 6.10 Å². The van der Waals surface area contributed by atoms with Gasteiger partial charge in [0.2, 0.25) is 0 Å². The molecule has 1 aromatic carbocycles. The van der Waals surface area contributed by atoms with Gasteiger partial charge in [0.05, 0.1) is 6.10 Å². The Hall–Kier alpha value is -0.730. The highest BCUT2D eigenvalue weighted by atomic mass is 35.5. The molecule has 1 aliphatic heterocycles. The fourth-order valence-corrected chi connectivity index (χ4v) is 2.24. The van der Waals surface area contributed by atoms with Crippen LogP contribution in [0, 0.1) is 5.92 Å². The van der Waals surface area contributed by atoms with Gasteiger partial charge >= 0.3 is 0 Å². The van der Waals surface area contributed by atoms with Crippen LogP contribution in [-0.4, -0.2) is 11.2 Å². The third kappa shape index (κ3) is 2.18. The Labute approximate surface area is 101 Å². The van der Waals surface area contributed by atoms with E-state index in [2.05, 4.69) is 13.8 Å². The predicted molar refractivity (Wildman–Crippen MR) is 64.9 cm³/mol. The SMILES string of the molecule is CCC(C)C1C[C@@H](O)c2cc(Cl)ccc2O1. The van der Waals surface area contributed by atoms with Crippen molar-refractivity contribution in [2.45, 2.75) is 38.9 Å². The van der Waals surface area contributed by atoms with E-state index in [4.69, 9.17) is 16.3 Å². The van der Waals surface area contributed by atoms with E-state index < -0.39 is 6.10 Å². The molecule has 2 rings (SSSR count). The van der Waals surface area contributed by atoms with Crippen molar-refractivity contribution in [3.05, 3.63) is 28.8 Å². The zero-order valence-electron chi connectivity index (χ0n) is 9.61. The lowest BCUT2D eigenvalue weighted by Crippen LogP contribution is -2.31. The van der Waals surface area contributed by atoms with Crippen molar-refractivity contribution in [1.82, 2.24) is 0 Å². The minimum absolute atomic E-state index is 0.105. The summed E-state index contributed by atoms with van der Waals surface area (Å²) in [7, 11) is 0. The third-order valence-corrected chi connectivity index (χ3v) is 3.58. The zero-order chi connectivity index (χ0) is 11.7. The van der Waals surface area contributed by atoms with Gasteiger partial charge in [0.15, 0.2) is 0 Å². The van der Waals surface area contributed by atoms with Gasteiger partial charge in [-0.05, 0) is 24.1 Å². The van der Waals surface area contributed by atoms with E-state index in [1.807, 2.05) is 6.07 Å². The van der Waals surface area contributed by atoms with Crippen LogP contribution in [0.1, 0.15) is 38.4 Å². The standard InChI is InChI=1S/C13H17ClO2/c1-3-8(2)13-7-11(15)10-6-9(14)4-5-12(10)16-13/h4-6,8,11,13,15H,3,7H2,1-2H3/t8?,11-,13?/m1/s1. The second-order valence-corrected chi connectivity index (χ2v) is 4.91. The van der Waals surface area contributed by atoms with Gasteiger partial charge in [0, 0.05) is 17.0 Å². The molecule has 0 spiro atoms. The Kier molecular flexibility index (Phi) is 3.41. The fraction of sp³-hybridized carbons (Fsp3) is 0.538. The Morgan fingerprint density at radius 1 is 1.56 bits per heavy atom. The molecule has 1 N–H and O–H groups in total. The van der Waals surface area contributed by atoms with Gasteiger partial charge in [-0.2, -0.15) is 0 Å². The van der Waals surface area contributed by atoms with E-state index >= 15 is 0 Å². The number of fused-ring (bicyclic) bond motifs is 1. The van der Waals surface area contributed by atoms with Crippen LogP contribution in [0.15, 0.2) is 18.2 Å². The molecule has 2 unspecified atom stereocenters. The average molecular weight is 241 g/mol. The first-order chi connectivity index (χ1) is 7.61. The van der Waals surface area contributed by atoms with Gasteiger partial charge < -0.3 is 9.84 Å². The first-order valence-electron chi connectivity index (χ1n) is 5.76. The summed E-state index contributed by atoms with van der Waals surface area (Å²) in [4.78, 5) is 0. The maximum absolute atomic E-state index is 10.1. The van der Waals surface area contributed by atoms with E-state index in [1.54, 1.807) is 12.1 Å². The fourth-order valence-electron chi connectivity index (χ4n) is 2.06. The molecular formula is C13H17ClO2. The van der Waals surface area contributed by atoms with Crippen molar-refractivity contribution < 1.29 is 9.84 Å². The summed E-state index contributed by atoms with van der Waals surface area (Å²) >= 11 is 5.90. The Bertz CT molecular complexity index is 378. The lowest BCUT2D eigenvalue weighted by molar-refractivity contribution is 0.0375. The van der Waals surface area contributed by atoms with Crippen molar-refractivity contribution in [2.24, 2.45) is 5.92 Å². The van der Waals surface area contributed by atoms with Crippen molar-refractivity contribution in [2.75, 3.05) is 0 Å². The minimum atomic E-state index is -0.457. The molecule has 0 amide bonds. The van der Waals surface area contributed by atoms with Crippen LogP contribution in [-0.2, 0) is 0 Å². The molecule has 0 bridgehead atoms. The van der Waals surface area contributed by atoms with Crippen LogP contribution in [0.2, 0.25) is 5.02 Å². The first kappa shape index (κ1) is 11.7. The molecule has 3 heteroatoms. The summed E-state index contributed by atoms with van der Waals surface area (Å²) in [5.74, 6) is 1.23. The Morgan fingerprint density at radius 3 is 3.00 bits per heavy atom. The predicted octanol–water partition coefficient (Wildman–Crippen LogP) is 3.57. The lowest BCUT2D eigenvalue weighted by Gasteiger charge is -2.33. The van der Waals surface area contributed by atoms with Crippen molar-refractivity contribution in [3.8, 4) is 5.75 Å². The molecule has 1 aromatic rings. The summed E-state index contributed by atoms with van der Waals surface area (Å²) in [6, 6.07) is 5.43. The van der Waals surface area contributed by atoms with Crippen molar-refractivity contribution >= 4 is 11.6 Å². The van der Waals surface area contributed by atoms with E-state index in [9.17, 15) is 5.11 Å². The topological polar surface area (TPSA) is 29.5 Å². The van der Waals surface area contributed by atoms with Crippen molar-refractivity contribution in [3.63, 3.8) is 0 Å². The number of hydrogen-bond acceptors (Lipinski definition) is 2. The van der Waals surface area contributed by atoms with Crippen LogP contribution in [0.3, 0.4) is 0 Å². The molecule has 0 saturated carbocycles. The summed E-state index contributed by atoms with van der Waals surface area (Å²) < 4.78 is 5.89. The molecular weight excluding hydrogens is 224 g/mol. The number of hydrogen-bond donors (Lipinski definition) is 1. The number of aliphatic hydroxyl groups excluding tert-OH is 1. The molecule has 0 radical (unpaired) electrons. The number of benzene rings is 1. The zero-order valence-corrected chi connectivity index (χ0v) is 10.4. The molecule has 16 heavy (non-hydrogen) atoms. The van der Waals surface area contributed by atoms with E-state index in [1.165, 1.54) is 0 Å². The summed E-state index contributed by atoms with van der Waals surface area (Å²) in [6.07, 6.45) is 1.36. The summed E-state index contributed by atoms with van der Waals surface area (Å²) in [5.41, 5.74) is 0.812. The van der Waals surface area contributed by atoms with Crippen LogP contribution >= 0.6 is 11.6 Å². The van der Waals surface area contributed by atoms with Crippen molar-refractivity contribution in [1.29, 1.82) is 0 Å². The normalized spacial score (nSPS) is 25.8. The quantitative estimate of drug-likeness (QED) is 0.857. The van der Waals surface area contributed by atoms with E-state index in [0.717, 1.165) is 17.7 Å². The van der Waals surface area contributed by atoms with Gasteiger partial charge in [0.25, 0.3) is 0 Å². The highest BCUT2D eigenvalue weighted by molar-refractivity contribution is 6.30. The number of halogens is 1. The Balaban J connectivity index is 2.26. The highest BCUT2D eigenvalue weighted by Gasteiger charge is 2.29. The third-order valence-electron chi connectivity index (χ3n) is 3.34. The molecule has 0 fully saturated rings. The highest BCUT2D eigenvalue weighted by Crippen LogP contribution is 2.38. The van der Waals surface area contributed by atoms with E-state index in [0.29, 0.717) is 17.4 Å². The molecule has 3 atom stereocenters. The minimum Gasteiger partial charge on any atom is -0.490 e. The summed E-state index contributed by atoms with van der Waals surface area (Å²) in [6.45, 7) is 4.29. The molecule has 88 valence electrons.